The van der Waals surface area contributed by atoms with E-state index in [1.165, 1.54) is 51.4 Å². The van der Waals surface area contributed by atoms with Gasteiger partial charge in [0.05, 0.1) is 11.3 Å². The van der Waals surface area contributed by atoms with Crippen molar-refractivity contribution in [1.82, 2.24) is 0 Å². The van der Waals surface area contributed by atoms with Crippen LogP contribution in [-0.4, -0.2) is 48.8 Å². The number of rotatable bonds is 15. The predicted octanol–water partition coefficient (Wildman–Crippen LogP) is 7.81. The van der Waals surface area contributed by atoms with E-state index in [0.29, 0.717) is 12.3 Å². The van der Waals surface area contributed by atoms with Gasteiger partial charge >= 0.3 is 12.3 Å². The standard InChI is InChI=1S/C29H43F3N2O6/c1-5-6-7-8-9-10-11-12-13-14-19-36-26-25-24(38-28(3,4)39-25)23(37-26)20(2)34-40-27(35)33-22-17-15-21(16-18-22)29(30,31)32/h15-18,23-26H,5-14,19H2,1-4H3,(H,33,35)/b34-20-/t23-,24+,25+,26+/m1/s1. The Bertz CT molecular complexity index is 954. The van der Waals surface area contributed by atoms with Gasteiger partial charge in [-0.15, -0.1) is 0 Å². The Hall–Kier alpha value is -2.21. The summed E-state index contributed by atoms with van der Waals surface area (Å²) in [7, 11) is 0. The van der Waals surface area contributed by atoms with Gasteiger partial charge in [-0.3, -0.25) is 10.2 Å². The maximum Gasteiger partial charge on any atom is 0.437 e. The van der Waals surface area contributed by atoms with E-state index in [9.17, 15) is 18.0 Å². The first-order valence-corrected chi connectivity index (χ1v) is 14.3. The van der Waals surface area contributed by atoms with Crippen LogP contribution in [-0.2, 0) is 30.0 Å². The van der Waals surface area contributed by atoms with E-state index in [-0.39, 0.29) is 5.69 Å². The first-order valence-electron chi connectivity index (χ1n) is 14.3. The number of fused-ring (bicyclic) bond motifs is 1. The zero-order chi connectivity index (χ0) is 29.2. The molecule has 0 radical (unpaired) electrons. The van der Waals surface area contributed by atoms with E-state index in [1.807, 2.05) is 13.8 Å². The molecular formula is C29H43F3N2O6. The zero-order valence-electron chi connectivity index (χ0n) is 23.9. The van der Waals surface area contributed by atoms with E-state index < -0.39 is 48.2 Å². The number of carbonyl (C=O) groups excluding carboxylic acids is 1. The molecule has 0 bridgehead atoms. The number of unbranched alkanes of at least 4 members (excludes halogenated alkanes) is 9. The molecule has 0 unspecified atom stereocenters. The number of nitrogens with zero attached hydrogens (tertiary/aromatic N) is 1. The molecule has 40 heavy (non-hydrogen) atoms. The third-order valence-electron chi connectivity index (χ3n) is 6.93. The molecule has 1 aromatic rings. The first-order chi connectivity index (χ1) is 19.0. The molecular weight excluding hydrogens is 529 g/mol. The lowest BCUT2D eigenvalue weighted by Gasteiger charge is -2.24. The molecule has 1 N–H and O–H groups in total. The Morgan fingerprint density at radius 1 is 0.950 bits per heavy atom. The summed E-state index contributed by atoms with van der Waals surface area (Å²) in [4.78, 5) is 17.1. The summed E-state index contributed by atoms with van der Waals surface area (Å²) in [6.07, 6.45) is 4.59. The highest BCUT2D eigenvalue weighted by atomic mass is 19.4. The van der Waals surface area contributed by atoms with Crippen molar-refractivity contribution in [3.8, 4) is 0 Å². The van der Waals surface area contributed by atoms with Gasteiger partial charge in [-0.25, -0.2) is 4.79 Å². The predicted molar refractivity (Wildman–Crippen MR) is 145 cm³/mol. The smallest absolute Gasteiger partial charge is 0.350 e. The second-order valence-electron chi connectivity index (χ2n) is 10.9. The number of hydrogen-bond donors (Lipinski definition) is 1. The van der Waals surface area contributed by atoms with Gasteiger partial charge < -0.3 is 18.9 Å². The molecule has 1 amide bonds. The molecule has 0 aromatic heterocycles. The minimum absolute atomic E-state index is 0.137. The molecule has 8 nitrogen and oxygen atoms in total. The summed E-state index contributed by atoms with van der Waals surface area (Å²) in [6, 6.07) is 4.00. The van der Waals surface area contributed by atoms with Crippen LogP contribution >= 0.6 is 0 Å². The minimum Gasteiger partial charge on any atom is -0.350 e. The van der Waals surface area contributed by atoms with Gasteiger partial charge in [0.15, 0.2) is 12.1 Å². The molecule has 0 aliphatic carbocycles. The van der Waals surface area contributed by atoms with Crippen LogP contribution in [0.3, 0.4) is 0 Å². The van der Waals surface area contributed by atoms with Crippen molar-refractivity contribution in [3.05, 3.63) is 29.8 Å². The van der Waals surface area contributed by atoms with Crippen molar-refractivity contribution in [2.75, 3.05) is 11.9 Å². The SMILES string of the molecule is CCCCCCCCCCCCO[C@H]1O[C@H](/C(C)=N\OC(=O)Nc2ccc(C(F)(F)F)cc2)[C@@H]2OC(C)(C)O[C@H]12. The van der Waals surface area contributed by atoms with Crippen molar-refractivity contribution in [3.63, 3.8) is 0 Å². The van der Waals surface area contributed by atoms with Crippen LogP contribution in [0.15, 0.2) is 29.4 Å². The summed E-state index contributed by atoms with van der Waals surface area (Å²) in [6.45, 7) is 8.01. The van der Waals surface area contributed by atoms with Gasteiger partial charge in [-0.2, -0.15) is 13.2 Å². The Labute approximate surface area is 234 Å². The van der Waals surface area contributed by atoms with Crippen molar-refractivity contribution < 1.29 is 41.8 Å². The Kier molecular flexibility index (Phi) is 12.2. The van der Waals surface area contributed by atoms with Crippen molar-refractivity contribution in [2.24, 2.45) is 5.16 Å². The second-order valence-corrected chi connectivity index (χ2v) is 10.9. The highest BCUT2D eigenvalue weighted by Crippen LogP contribution is 2.39. The topological polar surface area (TPSA) is 87.6 Å². The summed E-state index contributed by atoms with van der Waals surface area (Å²) in [5.74, 6) is -0.836. The summed E-state index contributed by atoms with van der Waals surface area (Å²) >= 11 is 0. The number of oxime groups is 1. The monoisotopic (exact) mass is 572 g/mol. The fourth-order valence-corrected chi connectivity index (χ4v) is 4.87. The number of nitrogens with one attached hydrogen (secondary N) is 1. The Morgan fingerprint density at radius 3 is 2.12 bits per heavy atom. The molecule has 1 aromatic carbocycles. The molecule has 0 spiro atoms. The first kappa shape index (κ1) is 32.3. The fraction of sp³-hybridized carbons (Fsp3) is 0.724. The molecule has 226 valence electrons. The Morgan fingerprint density at radius 2 is 1.52 bits per heavy atom. The number of carbonyl (C=O) groups is 1. The second kappa shape index (κ2) is 15.1. The fourth-order valence-electron chi connectivity index (χ4n) is 4.87. The van der Waals surface area contributed by atoms with Gasteiger partial charge in [-0.1, -0.05) is 69.9 Å². The highest BCUT2D eigenvalue weighted by molar-refractivity contribution is 5.89. The minimum atomic E-state index is -4.46. The maximum atomic E-state index is 12.7. The maximum absolute atomic E-state index is 12.7. The van der Waals surface area contributed by atoms with Crippen LogP contribution in [0.1, 0.15) is 97.5 Å². The molecule has 2 fully saturated rings. The van der Waals surface area contributed by atoms with Crippen LogP contribution in [0.5, 0.6) is 0 Å². The summed E-state index contributed by atoms with van der Waals surface area (Å²) in [5, 5.41) is 6.21. The third-order valence-corrected chi connectivity index (χ3v) is 6.93. The zero-order valence-corrected chi connectivity index (χ0v) is 23.9. The van der Waals surface area contributed by atoms with Gasteiger partial charge in [-0.05, 0) is 51.5 Å². The highest BCUT2D eigenvalue weighted by Gasteiger charge is 2.56. The van der Waals surface area contributed by atoms with Crippen LogP contribution in [0.2, 0.25) is 0 Å². The molecule has 2 aliphatic heterocycles. The number of hydrogen-bond acceptors (Lipinski definition) is 7. The summed E-state index contributed by atoms with van der Waals surface area (Å²) in [5.41, 5.74) is -0.346. The van der Waals surface area contributed by atoms with E-state index in [4.69, 9.17) is 23.8 Å². The number of halogens is 3. The number of ether oxygens (including phenoxy) is 4. The normalized spacial score (nSPS) is 24.2. The lowest BCUT2D eigenvalue weighted by Crippen LogP contribution is -2.34. The van der Waals surface area contributed by atoms with E-state index in [0.717, 1.165) is 37.1 Å². The van der Waals surface area contributed by atoms with Crippen LogP contribution < -0.4 is 5.32 Å². The van der Waals surface area contributed by atoms with Crippen LogP contribution in [0.25, 0.3) is 0 Å². The quantitative estimate of drug-likeness (QED) is 0.0998. The lowest BCUT2D eigenvalue weighted by molar-refractivity contribution is -0.226. The Balaban J connectivity index is 1.43. The third kappa shape index (κ3) is 10.0. The molecule has 2 aliphatic rings. The van der Waals surface area contributed by atoms with E-state index >= 15 is 0 Å². The van der Waals surface area contributed by atoms with E-state index in [2.05, 4.69) is 17.4 Å². The van der Waals surface area contributed by atoms with Gasteiger partial charge in [0.1, 0.15) is 18.3 Å². The largest absolute Gasteiger partial charge is 0.437 e. The van der Waals surface area contributed by atoms with Crippen molar-refractivity contribution in [1.29, 1.82) is 0 Å². The molecule has 4 atom stereocenters. The lowest BCUT2D eigenvalue weighted by atomic mass is 10.1. The van der Waals surface area contributed by atoms with Crippen molar-refractivity contribution >= 4 is 17.5 Å². The molecule has 2 heterocycles. The van der Waals surface area contributed by atoms with Crippen LogP contribution in [0.4, 0.5) is 23.7 Å². The average molecular weight is 573 g/mol. The molecule has 3 rings (SSSR count). The van der Waals surface area contributed by atoms with Crippen LogP contribution in [0, 0.1) is 0 Å². The van der Waals surface area contributed by atoms with Gasteiger partial charge in [0.25, 0.3) is 0 Å². The number of alkyl halides is 3. The molecule has 11 heteroatoms. The molecule has 0 saturated carbocycles. The van der Waals surface area contributed by atoms with Gasteiger partial charge in [0.2, 0.25) is 0 Å². The van der Waals surface area contributed by atoms with Gasteiger partial charge in [0, 0.05) is 12.3 Å². The van der Waals surface area contributed by atoms with E-state index in [1.54, 1.807) is 6.92 Å². The number of amides is 1. The van der Waals surface area contributed by atoms with Crippen molar-refractivity contribution in [2.45, 2.75) is 128 Å². The summed E-state index contributed by atoms with van der Waals surface area (Å²) < 4.78 is 62.3. The molecule has 2 saturated heterocycles. The average Bonchev–Trinajstić information content (AvgIpc) is 3.38. The number of anilines is 1. The number of benzene rings is 1.